The van der Waals surface area contributed by atoms with Crippen molar-refractivity contribution >= 4 is 5.96 Å². The first-order valence-electron chi connectivity index (χ1n) is 6.61. The Balaban J connectivity index is 2.50. The molecule has 1 aromatic rings. The van der Waals surface area contributed by atoms with E-state index in [1.807, 2.05) is 6.92 Å². The van der Waals surface area contributed by atoms with Gasteiger partial charge in [0.05, 0.1) is 6.54 Å². The molecule has 1 atom stereocenters. The third-order valence-electron chi connectivity index (χ3n) is 2.58. The summed E-state index contributed by atoms with van der Waals surface area (Å²) in [6, 6.07) is 6.11. The number of hydrogen-bond acceptors (Lipinski definition) is 2. The minimum absolute atomic E-state index is 0.108. The highest BCUT2D eigenvalue weighted by Gasteiger charge is 2.08. The van der Waals surface area contributed by atoms with Gasteiger partial charge in [-0.3, -0.25) is 0 Å². The molecular formula is C14H22FN3O. The molecule has 0 aliphatic rings. The van der Waals surface area contributed by atoms with Crippen molar-refractivity contribution in [3.63, 3.8) is 0 Å². The summed E-state index contributed by atoms with van der Waals surface area (Å²) in [6.07, 6.45) is 1.66. The summed E-state index contributed by atoms with van der Waals surface area (Å²) >= 11 is 0. The number of nitrogens with zero attached hydrogens (tertiary/aromatic N) is 1. The Kier molecular flexibility index (Phi) is 6.71. The van der Waals surface area contributed by atoms with Crippen molar-refractivity contribution in [3.8, 4) is 5.75 Å². The van der Waals surface area contributed by atoms with Crippen molar-refractivity contribution in [2.24, 2.45) is 10.7 Å². The number of guanidine groups is 1. The van der Waals surface area contributed by atoms with E-state index in [0.29, 0.717) is 18.3 Å². The minimum atomic E-state index is -0.306. The highest BCUT2D eigenvalue weighted by Crippen LogP contribution is 2.15. The zero-order valence-corrected chi connectivity index (χ0v) is 11.5. The number of nitrogens with two attached hydrogens (primary N) is 1. The van der Waals surface area contributed by atoms with Gasteiger partial charge in [-0.1, -0.05) is 19.9 Å². The Bertz CT molecular complexity index is 409. The monoisotopic (exact) mass is 267 g/mol. The third-order valence-corrected chi connectivity index (χ3v) is 2.58. The highest BCUT2D eigenvalue weighted by atomic mass is 19.1. The van der Waals surface area contributed by atoms with Gasteiger partial charge >= 0.3 is 0 Å². The third kappa shape index (κ3) is 6.08. The maximum atomic E-state index is 13.0. The summed E-state index contributed by atoms with van der Waals surface area (Å²) in [5, 5.41) is 3.00. The van der Waals surface area contributed by atoms with E-state index in [4.69, 9.17) is 10.5 Å². The first kappa shape index (κ1) is 15.3. The van der Waals surface area contributed by atoms with E-state index in [2.05, 4.69) is 17.2 Å². The number of benzene rings is 1. The van der Waals surface area contributed by atoms with Crippen LogP contribution in [0.15, 0.2) is 29.3 Å². The van der Waals surface area contributed by atoms with Crippen LogP contribution >= 0.6 is 0 Å². The van der Waals surface area contributed by atoms with Crippen LogP contribution in [0.2, 0.25) is 0 Å². The molecule has 0 amide bonds. The van der Waals surface area contributed by atoms with Gasteiger partial charge in [-0.2, -0.15) is 0 Å². The van der Waals surface area contributed by atoms with Crippen molar-refractivity contribution in [1.82, 2.24) is 5.32 Å². The molecule has 19 heavy (non-hydrogen) atoms. The van der Waals surface area contributed by atoms with E-state index in [1.165, 1.54) is 12.1 Å². The number of nitrogens with one attached hydrogen (secondary N) is 1. The standard InChI is InChI=1S/C14H22FN3O/c1-3-8-17-14(16)18-10-12(4-2)19-13-7-5-6-11(15)9-13/h5-7,9,12H,3-4,8,10H2,1-2H3,(H3,16,17,18). The second-order valence-corrected chi connectivity index (χ2v) is 4.26. The summed E-state index contributed by atoms with van der Waals surface area (Å²) in [6.45, 7) is 5.31. The molecule has 5 heteroatoms. The van der Waals surface area contributed by atoms with Crippen LogP contribution in [-0.2, 0) is 0 Å². The molecule has 0 fully saturated rings. The minimum Gasteiger partial charge on any atom is -0.488 e. The Morgan fingerprint density at radius 1 is 1.47 bits per heavy atom. The van der Waals surface area contributed by atoms with Crippen LogP contribution in [0.5, 0.6) is 5.75 Å². The summed E-state index contributed by atoms with van der Waals surface area (Å²) in [7, 11) is 0. The summed E-state index contributed by atoms with van der Waals surface area (Å²) in [5.41, 5.74) is 5.70. The van der Waals surface area contributed by atoms with E-state index < -0.39 is 0 Å². The van der Waals surface area contributed by atoms with Crippen molar-refractivity contribution in [2.45, 2.75) is 32.8 Å². The molecule has 106 valence electrons. The van der Waals surface area contributed by atoms with Crippen LogP contribution in [0, 0.1) is 5.82 Å². The number of rotatable bonds is 7. The van der Waals surface area contributed by atoms with Crippen LogP contribution in [0.1, 0.15) is 26.7 Å². The van der Waals surface area contributed by atoms with Gasteiger partial charge in [-0.15, -0.1) is 0 Å². The summed E-state index contributed by atoms with van der Waals surface area (Å²) in [5.74, 6) is 0.630. The Labute approximate surface area is 113 Å². The fourth-order valence-electron chi connectivity index (χ4n) is 1.49. The lowest BCUT2D eigenvalue weighted by atomic mass is 10.2. The van der Waals surface area contributed by atoms with Gasteiger partial charge in [0.2, 0.25) is 0 Å². The summed E-state index contributed by atoms with van der Waals surface area (Å²) < 4.78 is 18.7. The van der Waals surface area contributed by atoms with Gasteiger partial charge < -0.3 is 15.8 Å². The molecule has 4 nitrogen and oxygen atoms in total. The summed E-state index contributed by atoms with van der Waals surface area (Å²) in [4.78, 5) is 4.22. The van der Waals surface area contributed by atoms with Crippen molar-refractivity contribution in [2.75, 3.05) is 13.1 Å². The number of ether oxygens (including phenoxy) is 1. The quantitative estimate of drug-likeness (QED) is 0.588. The first-order chi connectivity index (χ1) is 9.15. The lowest BCUT2D eigenvalue weighted by Gasteiger charge is -2.16. The van der Waals surface area contributed by atoms with Gasteiger partial charge in [-0.05, 0) is 25.0 Å². The average Bonchev–Trinajstić information content (AvgIpc) is 2.41. The maximum absolute atomic E-state index is 13.0. The van der Waals surface area contributed by atoms with E-state index in [0.717, 1.165) is 19.4 Å². The Morgan fingerprint density at radius 2 is 2.26 bits per heavy atom. The largest absolute Gasteiger partial charge is 0.488 e. The normalized spacial score (nSPS) is 13.1. The van der Waals surface area contributed by atoms with Gasteiger partial charge in [0, 0.05) is 12.6 Å². The predicted molar refractivity (Wildman–Crippen MR) is 75.9 cm³/mol. The molecule has 0 saturated heterocycles. The van der Waals surface area contributed by atoms with Crippen molar-refractivity contribution in [1.29, 1.82) is 0 Å². The van der Waals surface area contributed by atoms with E-state index >= 15 is 0 Å². The van der Waals surface area contributed by atoms with Gasteiger partial charge in [0.25, 0.3) is 0 Å². The molecule has 0 radical (unpaired) electrons. The van der Waals surface area contributed by atoms with Crippen LogP contribution < -0.4 is 15.8 Å². The topological polar surface area (TPSA) is 59.6 Å². The average molecular weight is 267 g/mol. The highest BCUT2D eigenvalue weighted by molar-refractivity contribution is 5.77. The fourth-order valence-corrected chi connectivity index (χ4v) is 1.49. The van der Waals surface area contributed by atoms with Gasteiger partial charge in [0.15, 0.2) is 5.96 Å². The molecule has 0 saturated carbocycles. The van der Waals surface area contributed by atoms with Crippen LogP contribution in [0.25, 0.3) is 0 Å². The van der Waals surface area contributed by atoms with Crippen LogP contribution in [0.3, 0.4) is 0 Å². The fraction of sp³-hybridized carbons (Fsp3) is 0.500. The molecule has 0 aliphatic heterocycles. The van der Waals surface area contributed by atoms with E-state index in [9.17, 15) is 4.39 Å². The van der Waals surface area contributed by atoms with E-state index in [-0.39, 0.29) is 11.9 Å². The molecule has 0 bridgehead atoms. The molecule has 1 aromatic carbocycles. The molecule has 1 rings (SSSR count). The Morgan fingerprint density at radius 3 is 2.89 bits per heavy atom. The Hall–Kier alpha value is -1.78. The molecular weight excluding hydrogens is 245 g/mol. The van der Waals surface area contributed by atoms with Crippen LogP contribution in [0.4, 0.5) is 4.39 Å². The second kappa shape index (κ2) is 8.34. The molecule has 0 aliphatic carbocycles. The number of halogens is 1. The lowest BCUT2D eigenvalue weighted by Crippen LogP contribution is -2.33. The first-order valence-corrected chi connectivity index (χ1v) is 6.61. The maximum Gasteiger partial charge on any atom is 0.188 e. The molecule has 0 heterocycles. The van der Waals surface area contributed by atoms with Crippen LogP contribution in [-0.4, -0.2) is 25.2 Å². The van der Waals surface area contributed by atoms with Gasteiger partial charge in [0.1, 0.15) is 17.7 Å². The predicted octanol–water partition coefficient (Wildman–Crippen LogP) is 2.30. The second-order valence-electron chi connectivity index (χ2n) is 4.26. The zero-order valence-electron chi connectivity index (χ0n) is 11.5. The molecule has 3 N–H and O–H groups in total. The molecule has 0 aromatic heterocycles. The van der Waals surface area contributed by atoms with Crippen molar-refractivity contribution < 1.29 is 9.13 Å². The molecule has 0 spiro atoms. The van der Waals surface area contributed by atoms with Crippen molar-refractivity contribution in [3.05, 3.63) is 30.1 Å². The van der Waals surface area contributed by atoms with Gasteiger partial charge in [-0.25, -0.2) is 9.38 Å². The number of aliphatic imine (C=N–C) groups is 1. The lowest BCUT2D eigenvalue weighted by molar-refractivity contribution is 0.205. The molecule has 1 unspecified atom stereocenters. The van der Waals surface area contributed by atoms with E-state index in [1.54, 1.807) is 12.1 Å². The zero-order chi connectivity index (χ0) is 14.1. The SMILES string of the molecule is CCCNC(N)=NCC(CC)Oc1cccc(F)c1. The number of hydrogen-bond donors (Lipinski definition) is 2. The smallest absolute Gasteiger partial charge is 0.188 e.